The molecule has 0 unspecified atom stereocenters. The van der Waals surface area contributed by atoms with Gasteiger partial charge in [0.25, 0.3) is 0 Å². The molecular formula is C9H8ClNO. The van der Waals surface area contributed by atoms with Crippen molar-refractivity contribution < 1.29 is 4.79 Å². The van der Waals surface area contributed by atoms with Gasteiger partial charge < -0.3 is 4.90 Å². The van der Waals surface area contributed by atoms with Crippen molar-refractivity contribution in [3.05, 3.63) is 28.8 Å². The molecule has 1 aromatic carbocycles. The minimum Gasteiger partial charge on any atom is -0.313 e. The molecule has 0 saturated carbocycles. The van der Waals surface area contributed by atoms with Crippen LogP contribution in [0.1, 0.15) is 5.56 Å². The van der Waals surface area contributed by atoms with Crippen LogP contribution in [0.4, 0.5) is 5.69 Å². The highest BCUT2D eigenvalue weighted by Crippen LogP contribution is 2.34. The molecule has 2 nitrogen and oxygen atoms in total. The first-order valence-electron chi connectivity index (χ1n) is 3.74. The first kappa shape index (κ1) is 7.62. The molecule has 12 heavy (non-hydrogen) atoms. The van der Waals surface area contributed by atoms with Crippen molar-refractivity contribution in [3.8, 4) is 0 Å². The van der Waals surface area contributed by atoms with Crippen LogP contribution in [0.15, 0.2) is 18.2 Å². The Morgan fingerprint density at radius 3 is 2.92 bits per heavy atom. The maximum atomic E-state index is 11.3. The molecule has 2 rings (SSSR count). The Bertz CT molecular complexity index is 348. The number of likely N-dealkylation sites (N-methyl/N-ethyl adjacent to an activating group) is 1. The van der Waals surface area contributed by atoms with Gasteiger partial charge in [0.2, 0.25) is 5.91 Å². The van der Waals surface area contributed by atoms with Crippen molar-refractivity contribution in [2.75, 3.05) is 11.9 Å². The minimum atomic E-state index is 0.109. The van der Waals surface area contributed by atoms with E-state index in [1.54, 1.807) is 18.0 Å². The van der Waals surface area contributed by atoms with Gasteiger partial charge in [0.1, 0.15) is 0 Å². The van der Waals surface area contributed by atoms with Gasteiger partial charge in [-0.2, -0.15) is 0 Å². The van der Waals surface area contributed by atoms with Crippen LogP contribution >= 0.6 is 11.6 Å². The Balaban J connectivity index is 2.62. The lowest BCUT2D eigenvalue weighted by molar-refractivity contribution is -0.117. The number of para-hydroxylation sites is 1. The molecular weight excluding hydrogens is 174 g/mol. The smallest absolute Gasteiger partial charge is 0.231 e. The molecule has 3 heteroatoms. The molecule has 62 valence electrons. The maximum Gasteiger partial charge on any atom is 0.231 e. The van der Waals surface area contributed by atoms with Crippen LogP contribution < -0.4 is 4.90 Å². The van der Waals surface area contributed by atoms with Crippen molar-refractivity contribution in [2.24, 2.45) is 0 Å². The van der Waals surface area contributed by atoms with E-state index in [9.17, 15) is 4.79 Å². The molecule has 0 aromatic heterocycles. The SMILES string of the molecule is CN1C(=O)Cc2cccc(Cl)c21. The zero-order valence-corrected chi connectivity index (χ0v) is 7.43. The molecule has 1 aliphatic heterocycles. The molecule has 0 atom stereocenters. The van der Waals surface area contributed by atoms with E-state index in [1.807, 2.05) is 12.1 Å². The highest BCUT2D eigenvalue weighted by atomic mass is 35.5. The van der Waals surface area contributed by atoms with E-state index in [4.69, 9.17) is 11.6 Å². The summed E-state index contributed by atoms with van der Waals surface area (Å²) in [6, 6.07) is 5.60. The molecule has 0 aliphatic carbocycles. The van der Waals surface area contributed by atoms with Crippen molar-refractivity contribution in [2.45, 2.75) is 6.42 Å². The van der Waals surface area contributed by atoms with Crippen LogP contribution in [0.25, 0.3) is 0 Å². The second kappa shape index (κ2) is 2.49. The fourth-order valence-electron chi connectivity index (χ4n) is 1.48. The Morgan fingerprint density at radius 2 is 2.25 bits per heavy atom. The molecule has 0 fully saturated rings. The number of benzene rings is 1. The van der Waals surface area contributed by atoms with Gasteiger partial charge in [-0.25, -0.2) is 0 Å². The Hall–Kier alpha value is -1.02. The fourth-order valence-corrected chi connectivity index (χ4v) is 1.81. The lowest BCUT2D eigenvalue weighted by Crippen LogP contribution is -2.20. The van der Waals surface area contributed by atoms with Gasteiger partial charge in [0.15, 0.2) is 0 Å². The first-order chi connectivity index (χ1) is 5.70. The largest absolute Gasteiger partial charge is 0.313 e. The Morgan fingerprint density at radius 1 is 1.50 bits per heavy atom. The van der Waals surface area contributed by atoms with Gasteiger partial charge >= 0.3 is 0 Å². The summed E-state index contributed by atoms with van der Waals surface area (Å²) in [6.45, 7) is 0. The topological polar surface area (TPSA) is 20.3 Å². The Kier molecular flexibility index (Phi) is 1.58. The van der Waals surface area contributed by atoms with Crippen LogP contribution in [0.3, 0.4) is 0 Å². The fraction of sp³-hybridized carbons (Fsp3) is 0.222. The quantitative estimate of drug-likeness (QED) is 0.598. The number of fused-ring (bicyclic) bond motifs is 1. The summed E-state index contributed by atoms with van der Waals surface area (Å²) in [4.78, 5) is 12.9. The summed E-state index contributed by atoms with van der Waals surface area (Å²) in [5, 5.41) is 0.654. The number of anilines is 1. The molecule has 1 aliphatic rings. The molecule has 1 aromatic rings. The molecule has 0 bridgehead atoms. The number of amides is 1. The average molecular weight is 182 g/mol. The van der Waals surface area contributed by atoms with E-state index < -0.39 is 0 Å². The van der Waals surface area contributed by atoms with E-state index in [1.165, 1.54) is 0 Å². The van der Waals surface area contributed by atoms with Crippen molar-refractivity contribution in [3.63, 3.8) is 0 Å². The molecule has 0 radical (unpaired) electrons. The van der Waals surface area contributed by atoms with E-state index in [0.717, 1.165) is 11.3 Å². The van der Waals surface area contributed by atoms with E-state index in [0.29, 0.717) is 11.4 Å². The molecule has 0 saturated heterocycles. The van der Waals surface area contributed by atoms with Crippen LogP contribution in [0.2, 0.25) is 5.02 Å². The number of rotatable bonds is 0. The number of carbonyl (C=O) groups is 1. The van der Waals surface area contributed by atoms with Gasteiger partial charge in [0.05, 0.1) is 17.1 Å². The predicted molar refractivity (Wildman–Crippen MR) is 48.6 cm³/mol. The normalized spacial score (nSPS) is 15.2. The standard InChI is InChI=1S/C9H8ClNO/c1-11-8(12)5-6-3-2-4-7(10)9(6)11/h2-4H,5H2,1H3. The molecule has 1 amide bonds. The average Bonchev–Trinajstić information content (AvgIpc) is 2.29. The van der Waals surface area contributed by atoms with Crippen molar-refractivity contribution in [1.29, 1.82) is 0 Å². The number of hydrogen-bond acceptors (Lipinski definition) is 1. The molecule has 0 spiro atoms. The van der Waals surface area contributed by atoms with Gasteiger partial charge in [-0.3, -0.25) is 4.79 Å². The summed E-state index contributed by atoms with van der Waals surface area (Å²) < 4.78 is 0. The van der Waals surface area contributed by atoms with Crippen molar-refractivity contribution in [1.82, 2.24) is 0 Å². The number of nitrogens with zero attached hydrogens (tertiary/aromatic N) is 1. The van der Waals surface area contributed by atoms with Crippen LogP contribution in [-0.2, 0) is 11.2 Å². The third-order valence-electron chi connectivity index (χ3n) is 2.12. The van der Waals surface area contributed by atoms with Gasteiger partial charge in [-0.05, 0) is 11.6 Å². The second-order valence-electron chi connectivity index (χ2n) is 2.88. The summed E-state index contributed by atoms with van der Waals surface area (Å²) in [5.41, 5.74) is 1.89. The minimum absolute atomic E-state index is 0.109. The third kappa shape index (κ3) is 0.916. The van der Waals surface area contributed by atoms with Gasteiger partial charge in [0, 0.05) is 7.05 Å². The Labute approximate surface area is 75.7 Å². The van der Waals surface area contributed by atoms with E-state index in [-0.39, 0.29) is 5.91 Å². The van der Waals surface area contributed by atoms with Gasteiger partial charge in [-0.1, -0.05) is 23.7 Å². The lowest BCUT2D eigenvalue weighted by atomic mass is 10.2. The number of hydrogen-bond donors (Lipinski definition) is 0. The summed E-state index contributed by atoms with van der Waals surface area (Å²) in [7, 11) is 1.75. The van der Waals surface area contributed by atoms with Crippen molar-refractivity contribution >= 4 is 23.2 Å². The molecule has 1 heterocycles. The third-order valence-corrected chi connectivity index (χ3v) is 2.43. The summed E-state index contributed by atoms with van der Waals surface area (Å²) >= 11 is 5.94. The predicted octanol–water partition coefficient (Wildman–Crippen LogP) is 1.86. The summed E-state index contributed by atoms with van der Waals surface area (Å²) in [6.07, 6.45) is 0.479. The number of carbonyl (C=O) groups excluding carboxylic acids is 1. The monoisotopic (exact) mass is 181 g/mol. The zero-order valence-electron chi connectivity index (χ0n) is 6.67. The maximum absolute atomic E-state index is 11.3. The lowest BCUT2D eigenvalue weighted by Gasteiger charge is -2.10. The van der Waals surface area contributed by atoms with Gasteiger partial charge in [-0.15, -0.1) is 0 Å². The second-order valence-corrected chi connectivity index (χ2v) is 3.28. The van der Waals surface area contributed by atoms with Crippen LogP contribution in [0.5, 0.6) is 0 Å². The van der Waals surface area contributed by atoms with Crippen LogP contribution in [-0.4, -0.2) is 13.0 Å². The molecule has 0 N–H and O–H groups in total. The highest BCUT2D eigenvalue weighted by Gasteiger charge is 2.25. The van der Waals surface area contributed by atoms with Crippen LogP contribution in [0, 0.1) is 0 Å². The zero-order chi connectivity index (χ0) is 8.72. The highest BCUT2D eigenvalue weighted by molar-refractivity contribution is 6.34. The number of halogens is 1. The van der Waals surface area contributed by atoms with E-state index in [2.05, 4.69) is 0 Å². The first-order valence-corrected chi connectivity index (χ1v) is 4.12. The summed E-state index contributed by atoms with van der Waals surface area (Å²) in [5.74, 6) is 0.109. The van der Waals surface area contributed by atoms with E-state index >= 15 is 0 Å².